The average Bonchev–Trinajstić information content (AvgIpc) is 2.67. The van der Waals surface area contributed by atoms with Crippen LogP contribution in [-0.2, 0) is 22.4 Å². The summed E-state index contributed by atoms with van der Waals surface area (Å²) in [5, 5.41) is 18.5. The van der Waals surface area contributed by atoms with Gasteiger partial charge in [0, 0.05) is 6.42 Å². The Morgan fingerprint density at radius 1 is 0.704 bits per heavy atom. The van der Waals surface area contributed by atoms with Gasteiger partial charge in [0.05, 0.1) is 13.0 Å². The van der Waals surface area contributed by atoms with Gasteiger partial charge in [-0.05, 0) is 59.7 Å². The number of aromatic hydroxyl groups is 2. The Kier molecular flexibility index (Phi) is 5.94. The molecule has 0 aliphatic rings. The quantitative estimate of drug-likeness (QED) is 0.614. The Balaban J connectivity index is 1.45. The van der Waals surface area contributed by atoms with Crippen molar-refractivity contribution >= 4 is 5.97 Å². The zero-order valence-corrected chi connectivity index (χ0v) is 14.7. The lowest BCUT2D eigenvalue weighted by molar-refractivity contribution is -0.142. The zero-order chi connectivity index (χ0) is 19.1. The summed E-state index contributed by atoms with van der Waals surface area (Å²) in [6.45, 7) is 0.297. The van der Waals surface area contributed by atoms with Crippen molar-refractivity contribution in [2.45, 2.75) is 12.8 Å². The summed E-state index contributed by atoms with van der Waals surface area (Å²) in [5.41, 5.74) is 1.83. The van der Waals surface area contributed by atoms with E-state index in [1.807, 2.05) is 12.1 Å². The molecule has 0 saturated heterocycles. The van der Waals surface area contributed by atoms with Crippen LogP contribution in [0, 0.1) is 0 Å². The number of ether oxygens (including phenoxy) is 2. The Labute approximate surface area is 157 Å². The molecule has 0 fully saturated rings. The SMILES string of the molecule is O=C(Cc1ccc(Oc2ccc(O)cc2)cc1)OCCc1ccc(O)cc1. The topological polar surface area (TPSA) is 76.0 Å². The minimum Gasteiger partial charge on any atom is -0.508 e. The Bertz CT molecular complexity index is 868. The second-order valence-electron chi connectivity index (χ2n) is 6.05. The lowest BCUT2D eigenvalue weighted by Crippen LogP contribution is -2.10. The summed E-state index contributed by atoms with van der Waals surface area (Å²) in [6, 6.07) is 20.5. The molecule has 0 heterocycles. The molecule has 27 heavy (non-hydrogen) atoms. The lowest BCUT2D eigenvalue weighted by atomic mass is 10.1. The van der Waals surface area contributed by atoms with E-state index in [2.05, 4.69) is 0 Å². The summed E-state index contributed by atoms with van der Waals surface area (Å²) in [4.78, 5) is 11.9. The van der Waals surface area contributed by atoms with Gasteiger partial charge < -0.3 is 19.7 Å². The third kappa shape index (κ3) is 5.78. The van der Waals surface area contributed by atoms with Crippen molar-refractivity contribution < 1.29 is 24.5 Å². The summed E-state index contributed by atoms with van der Waals surface area (Å²) < 4.78 is 10.9. The van der Waals surface area contributed by atoms with E-state index in [1.165, 1.54) is 0 Å². The molecular formula is C22H20O5. The standard InChI is InChI=1S/C22H20O5/c23-18-5-1-16(2-6-18)13-14-26-22(25)15-17-3-9-20(10-4-17)27-21-11-7-19(24)8-12-21/h1-12,23-24H,13-15H2. The second kappa shape index (κ2) is 8.76. The summed E-state index contributed by atoms with van der Waals surface area (Å²) in [7, 11) is 0. The number of benzene rings is 3. The molecule has 0 bridgehead atoms. The van der Waals surface area contributed by atoms with Gasteiger partial charge >= 0.3 is 5.97 Å². The van der Waals surface area contributed by atoms with E-state index in [0.29, 0.717) is 24.5 Å². The number of carbonyl (C=O) groups is 1. The van der Waals surface area contributed by atoms with Crippen LogP contribution >= 0.6 is 0 Å². The number of phenols is 2. The number of esters is 1. The average molecular weight is 364 g/mol. The van der Waals surface area contributed by atoms with Crippen LogP contribution < -0.4 is 4.74 Å². The molecule has 3 aromatic rings. The molecule has 0 aliphatic carbocycles. The first kappa shape index (κ1) is 18.3. The maximum absolute atomic E-state index is 11.9. The van der Waals surface area contributed by atoms with Crippen molar-refractivity contribution in [2.75, 3.05) is 6.61 Å². The first-order chi connectivity index (χ1) is 13.1. The minimum absolute atomic E-state index is 0.182. The molecule has 0 aliphatic heterocycles. The van der Waals surface area contributed by atoms with Crippen molar-refractivity contribution in [3.8, 4) is 23.0 Å². The maximum Gasteiger partial charge on any atom is 0.310 e. The van der Waals surface area contributed by atoms with E-state index < -0.39 is 0 Å². The normalized spacial score (nSPS) is 10.4. The molecule has 0 atom stereocenters. The van der Waals surface area contributed by atoms with E-state index in [-0.39, 0.29) is 23.9 Å². The van der Waals surface area contributed by atoms with Crippen molar-refractivity contribution in [2.24, 2.45) is 0 Å². The number of hydrogen-bond acceptors (Lipinski definition) is 5. The van der Waals surface area contributed by atoms with Crippen molar-refractivity contribution in [1.82, 2.24) is 0 Å². The molecule has 0 aromatic heterocycles. The van der Waals surface area contributed by atoms with Gasteiger partial charge in [0.15, 0.2) is 0 Å². The maximum atomic E-state index is 11.9. The van der Waals surface area contributed by atoms with Crippen LogP contribution in [0.4, 0.5) is 0 Å². The highest BCUT2D eigenvalue weighted by molar-refractivity contribution is 5.72. The fourth-order valence-electron chi connectivity index (χ4n) is 2.49. The van der Waals surface area contributed by atoms with Crippen molar-refractivity contribution in [3.63, 3.8) is 0 Å². The van der Waals surface area contributed by atoms with E-state index >= 15 is 0 Å². The van der Waals surface area contributed by atoms with Crippen LogP contribution in [0.5, 0.6) is 23.0 Å². The van der Waals surface area contributed by atoms with Crippen LogP contribution in [-0.4, -0.2) is 22.8 Å². The molecule has 3 rings (SSSR count). The van der Waals surface area contributed by atoms with Gasteiger partial charge in [-0.2, -0.15) is 0 Å². The fourth-order valence-corrected chi connectivity index (χ4v) is 2.49. The predicted octanol–water partition coefficient (Wildman–Crippen LogP) is 4.22. The molecule has 0 spiro atoms. The number of hydrogen-bond donors (Lipinski definition) is 2. The molecule has 0 radical (unpaired) electrons. The van der Waals surface area contributed by atoms with Crippen LogP contribution in [0.1, 0.15) is 11.1 Å². The summed E-state index contributed by atoms with van der Waals surface area (Å²) in [5.74, 6) is 1.37. The minimum atomic E-state index is -0.291. The van der Waals surface area contributed by atoms with Gasteiger partial charge in [0.25, 0.3) is 0 Å². The molecule has 5 heteroatoms. The highest BCUT2D eigenvalue weighted by atomic mass is 16.5. The van der Waals surface area contributed by atoms with Gasteiger partial charge in [-0.1, -0.05) is 24.3 Å². The molecule has 3 aromatic carbocycles. The van der Waals surface area contributed by atoms with E-state index in [9.17, 15) is 15.0 Å². The molecule has 5 nitrogen and oxygen atoms in total. The monoisotopic (exact) mass is 364 g/mol. The van der Waals surface area contributed by atoms with Gasteiger partial charge in [-0.15, -0.1) is 0 Å². The number of phenolic OH excluding ortho intramolecular Hbond substituents is 2. The highest BCUT2D eigenvalue weighted by Crippen LogP contribution is 2.23. The molecule has 0 amide bonds. The Morgan fingerprint density at radius 2 is 1.19 bits per heavy atom. The van der Waals surface area contributed by atoms with Gasteiger partial charge in [0.1, 0.15) is 23.0 Å². The molecule has 0 saturated carbocycles. The number of carbonyl (C=O) groups excluding carboxylic acids is 1. The van der Waals surface area contributed by atoms with Crippen LogP contribution in [0.15, 0.2) is 72.8 Å². The first-order valence-corrected chi connectivity index (χ1v) is 8.58. The molecule has 2 N–H and O–H groups in total. The number of rotatable bonds is 7. The van der Waals surface area contributed by atoms with Gasteiger partial charge in [-0.25, -0.2) is 0 Å². The molecular weight excluding hydrogens is 344 g/mol. The zero-order valence-electron chi connectivity index (χ0n) is 14.7. The van der Waals surface area contributed by atoms with Gasteiger partial charge in [0.2, 0.25) is 0 Å². The smallest absolute Gasteiger partial charge is 0.310 e. The second-order valence-corrected chi connectivity index (χ2v) is 6.05. The van der Waals surface area contributed by atoms with Crippen LogP contribution in [0.2, 0.25) is 0 Å². The highest BCUT2D eigenvalue weighted by Gasteiger charge is 2.06. The third-order valence-corrected chi connectivity index (χ3v) is 3.93. The predicted molar refractivity (Wildman–Crippen MR) is 101 cm³/mol. The van der Waals surface area contributed by atoms with E-state index in [0.717, 1.165) is 11.1 Å². The van der Waals surface area contributed by atoms with Crippen molar-refractivity contribution in [1.29, 1.82) is 0 Å². The Hall–Kier alpha value is -3.47. The first-order valence-electron chi connectivity index (χ1n) is 8.58. The molecule has 138 valence electrons. The Morgan fingerprint density at radius 3 is 1.78 bits per heavy atom. The largest absolute Gasteiger partial charge is 0.508 e. The molecule has 0 unspecified atom stereocenters. The van der Waals surface area contributed by atoms with E-state index in [4.69, 9.17) is 9.47 Å². The summed E-state index contributed by atoms with van der Waals surface area (Å²) >= 11 is 0. The van der Waals surface area contributed by atoms with Crippen LogP contribution in [0.25, 0.3) is 0 Å². The van der Waals surface area contributed by atoms with Crippen LogP contribution in [0.3, 0.4) is 0 Å². The van der Waals surface area contributed by atoms with E-state index in [1.54, 1.807) is 60.7 Å². The lowest BCUT2D eigenvalue weighted by Gasteiger charge is -2.08. The third-order valence-electron chi connectivity index (χ3n) is 3.93. The summed E-state index contributed by atoms with van der Waals surface area (Å²) in [6.07, 6.45) is 0.792. The van der Waals surface area contributed by atoms with Gasteiger partial charge in [-0.3, -0.25) is 4.79 Å². The fraction of sp³-hybridized carbons (Fsp3) is 0.136. The van der Waals surface area contributed by atoms with Crippen molar-refractivity contribution in [3.05, 3.63) is 83.9 Å².